The second-order valence-corrected chi connectivity index (χ2v) is 7.70. The zero-order valence-electron chi connectivity index (χ0n) is 12.6. The van der Waals surface area contributed by atoms with Crippen molar-refractivity contribution in [3.8, 4) is 0 Å². The van der Waals surface area contributed by atoms with Crippen molar-refractivity contribution < 1.29 is 0 Å². The molecule has 4 bridgehead atoms. The van der Waals surface area contributed by atoms with E-state index in [4.69, 9.17) is 5.73 Å². The molecule has 4 nitrogen and oxygen atoms in total. The summed E-state index contributed by atoms with van der Waals surface area (Å²) in [5.74, 6) is 5.98. The number of H-pyrrole nitrogens is 1. The highest BCUT2D eigenvalue weighted by Gasteiger charge is 2.54. The van der Waals surface area contributed by atoms with Crippen LogP contribution in [0.2, 0.25) is 0 Å². The van der Waals surface area contributed by atoms with E-state index in [9.17, 15) is 0 Å². The van der Waals surface area contributed by atoms with Crippen LogP contribution in [-0.4, -0.2) is 15.2 Å². The van der Waals surface area contributed by atoms with Crippen molar-refractivity contribution in [3.63, 3.8) is 0 Å². The van der Waals surface area contributed by atoms with Crippen LogP contribution in [0.1, 0.15) is 57.6 Å². The first-order valence-electron chi connectivity index (χ1n) is 8.28. The SMILES string of the molecule is CCc1nc(C(C)(N)C2C3CC4CC(C3)CC2C4)n[nH]1. The van der Waals surface area contributed by atoms with Gasteiger partial charge in [-0.05, 0) is 68.6 Å². The molecule has 1 aromatic rings. The summed E-state index contributed by atoms with van der Waals surface area (Å²) >= 11 is 0. The molecule has 0 amide bonds. The monoisotopic (exact) mass is 274 g/mol. The molecule has 4 fully saturated rings. The molecule has 20 heavy (non-hydrogen) atoms. The van der Waals surface area contributed by atoms with Crippen molar-refractivity contribution in [3.05, 3.63) is 11.6 Å². The van der Waals surface area contributed by atoms with Gasteiger partial charge < -0.3 is 5.73 Å². The third kappa shape index (κ3) is 1.77. The number of aromatic nitrogens is 3. The highest BCUT2D eigenvalue weighted by Crippen LogP contribution is 2.59. The number of hydrogen-bond acceptors (Lipinski definition) is 3. The zero-order valence-corrected chi connectivity index (χ0v) is 12.6. The lowest BCUT2D eigenvalue weighted by molar-refractivity contribution is -0.0693. The highest BCUT2D eigenvalue weighted by molar-refractivity contribution is 5.13. The largest absolute Gasteiger partial charge is 0.319 e. The summed E-state index contributed by atoms with van der Waals surface area (Å²) in [6.07, 6.45) is 7.97. The summed E-state index contributed by atoms with van der Waals surface area (Å²) < 4.78 is 0. The smallest absolute Gasteiger partial charge is 0.170 e. The topological polar surface area (TPSA) is 67.6 Å². The van der Waals surface area contributed by atoms with Crippen molar-refractivity contribution in [2.45, 2.75) is 57.9 Å². The maximum absolute atomic E-state index is 6.79. The van der Waals surface area contributed by atoms with Crippen molar-refractivity contribution in [1.29, 1.82) is 0 Å². The average Bonchev–Trinajstić information content (AvgIpc) is 2.86. The number of hydrogen-bond donors (Lipinski definition) is 2. The fourth-order valence-electron chi connectivity index (χ4n) is 5.75. The van der Waals surface area contributed by atoms with Gasteiger partial charge in [0, 0.05) is 6.42 Å². The number of rotatable bonds is 3. The van der Waals surface area contributed by atoms with Crippen molar-refractivity contribution >= 4 is 0 Å². The van der Waals surface area contributed by atoms with Crippen LogP contribution in [0, 0.1) is 29.6 Å². The molecule has 0 radical (unpaired) electrons. The molecule has 4 aliphatic rings. The van der Waals surface area contributed by atoms with E-state index in [2.05, 4.69) is 29.0 Å². The molecule has 1 heterocycles. The van der Waals surface area contributed by atoms with Crippen LogP contribution in [0.4, 0.5) is 0 Å². The summed E-state index contributed by atoms with van der Waals surface area (Å²) in [6, 6.07) is 0. The van der Waals surface area contributed by atoms with Crippen molar-refractivity contribution in [2.75, 3.05) is 0 Å². The van der Waals surface area contributed by atoms with Gasteiger partial charge in [-0.1, -0.05) is 6.92 Å². The molecule has 0 saturated heterocycles. The summed E-state index contributed by atoms with van der Waals surface area (Å²) in [5, 5.41) is 7.47. The van der Waals surface area contributed by atoms with Gasteiger partial charge in [-0.2, -0.15) is 5.10 Å². The molecule has 110 valence electrons. The van der Waals surface area contributed by atoms with Crippen LogP contribution < -0.4 is 5.73 Å². The van der Waals surface area contributed by atoms with Gasteiger partial charge in [-0.15, -0.1) is 0 Å². The van der Waals surface area contributed by atoms with Crippen LogP contribution in [0.3, 0.4) is 0 Å². The molecule has 4 aliphatic carbocycles. The van der Waals surface area contributed by atoms with Crippen LogP contribution >= 0.6 is 0 Å². The Morgan fingerprint density at radius 1 is 1.15 bits per heavy atom. The molecule has 1 aromatic heterocycles. The van der Waals surface area contributed by atoms with E-state index >= 15 is 0 Å². The average molecular weight is 274 g/mol. The van der Waals surface area contributed by atoms with Crippen LogP contribution in [0.25, 0.3) is 0 Å². The van der Waals surface area contributed by atoms with Gasteiger partial charge in [0.15, 0.2) is 5.82 Å². The lowest BCUT2D eigenvalue weighted by Crippen LogP contribution is -2.56. The Bertz CT molecular complexity index is 476. The minimum atomic E-state index is -0.369. The van der Waals surface area contributed by atoms with Crippen LogP contribution in [-0.2, 0) is 12.0 Å². The van der Waals surface area contributed by atoms with E-state index in [1.165, 1.54) is 32.1 Å². The van der Waals surface area contributed by atoms with Crippen molar-refractivity contribution in [1.82, 2.24) is 15.2 Å². The van der Waals surface area contributed by atoms with E-state index in [0.29, 0.717) is 5.92 Å². The standard InChI is InChI=1S/C16H26N4/c1-3-13-18-15(20-19-13)16(2,17)14-11-5-9-4-10(7-11)8-12(14)6-9/h9-12,14H,3-8,17H2,1-2H3,(H,18,19,20). The van der Waals surface area contributed by atoms with E-state index in [1.807, 2.05) is 0 Å². The van der Waals surface area contributed by atoms with Crippen LogP contribution in [0.5, 0.6) is 0 Å². The third-order valence-corrected chi connectivity index (χ3v) is 6.27. The molecule has 0 aliphatic heterocycles. The predicted molar refractivity (Wildman–Crippen MR) is 77.8 cm³/mol. The molecular weight excluding hydrogens is 248 g/mol. The van der Waals surface area contributed by atoms with Gasteiger partial charge in [-0.3, -0.25) is 5.10 Å². The molecule has 1 unspecified atom stereocenters. The van der Waals surface area contributed by atoms with E-state index in [-0.39, 0.29) is 5.54 Å². The van der Waals surface area contributed by atoms with Gasteiger partial charge in [0.2, 0.25) is 0 Å². The fraction of sp³-hybridized carbons (Fsp3) is 0.875. The van der Waals surface area contributed by atoms with Crippen LogP contribution in [0.15, 0.2) is 0 Å². The first-order valence-corrected chi connectivity index (χ1v) is 8.28. The number of nitrogens with zero attached hydrogens (tertiary/aromatic N) is 2. The summed E-state index contributed by atoms with van der Waals surface area (Å²) in [7, 11) is 0. The fourth-order valence-corrected chi connectivity index (χ4v) is 5.75. The Kier molecular flexibility index (Phi) is 2.75. The van der Waals surface area contributed by atoms with E-state index < -0.39 is 0 Å². The molecular formula is C16H26N4. The van der Waals surface area contributed by atoms with Gasteiger partial charge in [0.1, 0.15) is 5.82 Å². The highest BCUT2D eigenvalue weighted by atomic mass is 15.2. The molecule has 0 aromatic carbocycles. The minimum absolute atomic E-state index is 0.369. The molecule has 5 rings (SSSR count). The first-order chi connectivity index (χ1) is 9.57. The molecule has 3 N–H and O–H groups in total. The van der Waals surface area contributed by atoms with Gasteiger partial charge >= 0.3 is 0 Å². The Labute approximate surface area is 120 Å². The van der Waals surface area contributed by atoms with Gasteiger partial charge in [-0.25, -0.2) is 4.98 Å². The summed E-state index contributed by atoms with van der Waals surface area (Å²) in [4.78, 5) is 4.64. The maximum atomic E-state index is 6.79. The lowest BCUT2D eigenvalue weighted by atomic mass is 9.48. The normalized spacial score (nSPS) is 41.9. The summed E-state index contributed by atoms with van der Waals surface area (Å²) in [5.41, 5.74) is 6.42. The number of nitrogens with one attached hydrogen (secondary N) is 1. The molecule has 1 atom stereocenters. The predicted octanol–water partition coefficient (Wildman–Crippen LogP) is 2.61. The third-order valence-electron chi connectivity index (χ3n) is 6.27. The van der Waals surface area contributed by atoms with Crippen molar-refractivity contribution in [2.24, 2.45) is 35.3 Å². The second-order valence-electron chi connectivity index (χ2n) is 7.70. The maximum Gasteiger partial charge on any atom is 0.170 e. The second kappa shape index (κ2) is 4.30. The first kappa shape index (κ1) is 12.8. The quantitative estimate of drug-likeness (QED) is 0.890. The molecule has 4 heteroatoms. The lowest BCUT2D eigenvalue weighted by Gasteiger charge is -2.58. The Balaban J connectivity index is 1.65. The van der Waals surface area contributed by atoms with E-state index in [0.717, 1.165) is 41.7 Å². The summed E-state index contributed by atoms with van der Waals surface area (Å²) in [6.45, 7) is 4.27. The Hall–Kier alpha value is -0.900. The van der Waals surface area contributed by atoms with Gasteiger partial charge in [0.05, 0.1) is 5.54 Å². The minimum Gasteiger partial charge on any atom is -0.319 e. The van der Waals surface area contributed by atoms with E-state index in [1.54, 1.807) is 0 Å². The number of aromatic amines is 1. The number of nitrogens with two attached hydrogens (primary N) is 1. The number of aryl methyl sites for hydroxylation is 1. The Morgan fingerprint density at radius 3 is 2.25 bits per heavy atom. The molecule has 0 spiro atoms. The van der Waals surface area contributed by atoms with Gasteiger partial charge in [0.25, 0.3) is 0 Å². The molecule has 4 saturated carbocycles. The Morgan fingerprint density at radius 2 is 1.75 bits per heavy atom. The zero-order chi connectivity index (χ0) is 13.9.